The van der Waals surface area contributed by atoms with Crippen LogP contribution in [0.4, 0.5) is 0 Å². The number of hydrogen-bond acceptors (Lipinski definition) is 2. The van der Waals surface area contributed by atoms with Gasteiger partial charge in [0.15, 0.2) is 0 Å². The number of allylic oxidation sites excluding steroid dienone is 4. The first-order chi connectivity index (χ1) is 8.24. The highest BCUT2D eigenvalue weighted by Crippen LogP contribution is 2.14. The van der Waals surface area contributed by atoms with Gasteiger partial charge < -0.3 is 9.72 Å². The molecular formula is C13H14ClNO2. The van der Waals surface area contributed by atoms with Gasteiger partial charge in [0.25, 0.3) is 0 Å². The average molecular weight is 252 g/mol. The molecule has 0 aromatic carbocycles. The zero-order valence-electron chi connectivity index (χ0n) is 9.52. The average Bonchev–Trinajstić information content (AvgIpc) is 2.70. The summed E-state index contributed by atoms with van der Waals surface area (Å²) in [5.74, 6) is -0.339. The monoisotopic (exact) mass is 251 g/mol. The molecule has 0 aliphatic heterocycles. The molecule has 0 spiro atoms. The molecule has 1 aromatic rings. The number of aromatic amines is 1. The Bertz CT molecular complexity index is 444. The molecule has 0 bridgehead atoms. The molecule has 0 atom stereocenters. The van der Waals surface area contributed by atoms with E-state index in [1.807, 2.05) is 12.2 Å². The third kappa shape index (κ3) is 5.22. The lowest BCUT2D eigenvalue weighted by molar-refractivity contribution is -0.137. The Kier molecular flexibility index (Phi) is 5.89. The molecule has 1 N–H and O–H groups in total. The Morgan fingerprint density at radius 3 is 2.82 bits per heavy atom. The molecule has 1 aromatic heterocycles. The maximum Gasteiger partial charge on any atom is 0.330 e. The molecule has 4 heteroatoms. The normalized spacial score (nSPS) is 11.9. The predicted octanol–water partition coefficient (Wildman–Crippen LogP) is 3.36. The number of rotatable bonds is 5. The van der Waals surface area contributed by atoms with Crippen molar-refractivity contribution in [3.8, 4) is 0 Å². The SMILES string of the molecule is CCOC(=O)/C=C/C=C/C=C/c1[nH]ccc1Cl. The molecule has 1 rings (SSSR count). The second kappa shape index (κ2) is 7.52. The summed E-state index contributed by atoms with van der Waals surface area (Å²) in [6.07, 6.45) is 12.0. The van der Waals surface area contributed by atoms with Crippen LogP contribution in [0.15, 0.2) is 42.6 Å². The Labute approximate surface area is 105 Å². The lowest BCUT2D eigenvalue weighted by atomic mass is 10.3. The molecule has 0 amide bonds. The summed E-state index contributed by atoms with van der Waals surface area (Å²) >= 11 is 5.87. The molecule has 0 saturated carbocycles. The van der Waals surface area contributed by atoms with E-state index >= 15 is 0 Å². The quantitative estimate of drug-likeness (QED) is 0.495. The molecule has 0 aliphatic carbocycles. The van der Waals surface area contributed by atoms with Crippen LogP contribution >= 0.6 is 11.6 Å². The third-order valence-corrected chi connectivity index (χ3v) is 2.17. The molecule has 0 unspecified atom stereocenters. The minimum absolute atomic E-state index is 0.339. The first-order valence-corrected chi connectivity index (χ1v) is 5.63. The summed E-state index contributed by atoms with van der Waals surface area (Å²) in [5, 5.41) is 0.678. The standard InChI is InChI=1S/C13H14ClNO2/c1-2-17-13(16)8-6-4-3-5-7-12-11(14)9-10-15-12/h3-10,15H,2H2,1H3/b4-3+,7-5+,8-6+. The summed E-state index contributed by atoms with van der Waals surface area (Å²) < 4.78 is 4.72. The van der Waals surface area contributed by atoms with Crippen LogP contribution in [0, 0.1) is 0 Å². The number of nitrogens with one attached hydrogen (secondary N) is 1. The van der Waals surface area contributed by atoms with Gasteiger partial charge in [0.2, 0.25) is 0 Å². The fourth-order valence-corrected chi connectivity index (χ4v) is 1.28. The van der Waals surface area contributed by atoms with Crippen LogP contribution in [0.5, 0.6) is 0 Å². The number of H-pyrrole nitrogens is 1. The number of carbonyl (C=O) groups is 1. The van der Waals surface area contributed by atoms with Crippen molar-refractivity contribution >= 4 is 23.6 Å². The van der Waals surface area contributed by atoms with Gasteiger partial charge in [-0.2, -0.15) is 0 Å². The van der Waals surface area contributed by atoms with Crippen molar-refractivity contribution in [2.24, 2.45) is 0 Å². The van der Waals surface area contributed by atoms with Gasteiger partial charge in [-0.05, 0) is 19.1 Å². The van der Waals surface area contributed by atoms with Crippen molar-refractivity contribution in [2.45, 2.75) is 6.92 Å². The molecule has 0 aliphatic rings. The van der Waals surface area contributed by atoms with Crippen LogP contribution in [0.25, 0.3) is 6.08 Å². The van der Waals surface area contributed by atoms with Crippen molar-refractivity contribution in [1.29, 1.82) is 0 Å². The van der Waals surface area contributed by atoms with Gasteiger partial charge in [-0.3, -0.25) is 0 Å². The van der Waals surface area contributed by atoms with E-state index in [0.29, 0.717) is 11.6 Å². The van der Waals surface area contributed by atoms with E-state index in [-0.39, 0.29) is 5.97 Å². The molecule has 0 radical (unpaired) electrons. The van der Waals surface area contributed by atoms with Crippen LogP contribution in [0.1, 0.15) is 12.6 Å². The molecule has 3 nitrogen and oxygen atoms in total. The van der Waals surface area contributed by atoms with Gasteiger partial charge in [-0.25, -0.2) is 4.79 Å². The molecule has 17 heavy (non-hydrogen) atoms. The topological polar surface area (TPSA) is 42.1 Å². The Hall–Kier alpha value is -1.74. The highest BCUT2D eigenvalue weighted by molar-refractivity contribution is 6.31. The fourth-order valence-electron chi connectivity index (χ4n) is 1.10. The van der Waals surface area contributed by atoms with E-state index in [1.165, 1.54) is 6.08 Å². The summed E-state index contributed by atoms with van der Waals surface area (Å²) in [5.41, 5.74) is 0.852. The van der Waals surface area contributed by atoms with Crippen molar-refractivity contribution in [1.82, 2.24) is 4.98 Å². The second-order valence-corrected chi connectivity index (χ2v) is 3.50. The number of halogens is 1. The smallest absolute Gasteiger partial charge is 0.330 e. The zero-order valence-corrected chi connectivity index (χ0v) is 10.3. The van der Waals surface area contributed by atoms with Crippen LogP contribution in [0.3, 0.4) is 0 Å². The minimum Gasteiger partial charge on any atom is -0.463 e. The lowest BCUT2D eigenvalue weighted by Crippen LogP contribution is -1.98. The molecule has 0 fully saturated rings. The van der Waals surface area contributed by atoms with Crippen LogP contribution in [-0.2, 0) is 9.53 Å². The Morgan fingerprint density at radius 1 is 1.41 bits per heavy atom. The molecular weight excluding hydrogens is 238 g/mol. The van der Waals surface area contributed by atoms with E-state index in [9.17, 15) is 4.79 Å². The van der Waals surface area contributed by atoms with Crippen molar-refractivity contribution < 1.29 is 9.53 Å². The van der Waals surface area contributed by atoms with E-state index in [0.717, 1.165) is 5.69 Å². The summed E-state index contributed by atoms with van der Waals surface area (Å²) in [6, 6.07) is 1.78. The first kappa shape index (κ1) is 13.3. The van der Waals surface area contributed by atoms with E-state index < -0.39 is 0 Å². The summed E-state index contributed by atoms with van der Waals surface area (Å²) in [4.78, 5) is 13.9. The minimum atomic E-state index is -0.339. The van der Waals surface area contributed by atoms with E-state index in [1.54, 1.807) is 37.4 Å². The lowest BCUT2D eigenvalue weighted by Gasteiger charge is -1.92. The highest BCUT2D eigenvalue weighted by Gasteiger charge is 1.93. The van der Waals surface area contributed by atoms with Gasteiger partial charge in [0.1, 0.15) is 0 Å². The maximum absolute atomic E-state index is 10.9. The van der Waals surface area contributed by atoms with Gasteiger partial charge in [0.05, 0.1) is 17.3 Å². The zero-order chi connectivity index (χ0) is 12.5. The molecule has 1 heterocycles. The van der Waals surface area contributed by atoms with Gasteiger partial charge >= 0.3 is 5.97 Å². The predicted molar refractivity (Wildman–Crippen MR) is 69.7 cm³/mol. The van der Waals surface area contributed by atoms with Crippen molar-refractivity contribution in [3.63, 3.8) is 0 Å². The summed E-state index contributed by atoms with van der Waals surface area (Å²) in [7, 11) is 0. The van der Waals surface area contributed by atoms with Crippen LogP contribution < -0.4 is 0 Å². The van der Waals surface area contributed by atoms with Gasteiger partial charge in [0, 0.05) is 12.3 Å². The number of carbonyl (C=O) groups excluding carboxylic acids is 1. The third-order valence-electron chi connectivity index (χ3n) is 1.84. The Morgan fingerprint density at radius 2 is 2.18 bits per heavy atom. The van der Waals surface area contributed by atoms with Gasteiger partial charge in [-0.1, -0.05) is 35.9 Å². The molecule has 0 saturated heterocycles. The largest absolute Gasteiger partial charge is 0.463 e. The second-order valence-electron chi connectivity index (χ2n) is 3.09. The summed E-state index contributed by atoms with van der Waals surface area (Å²) in [6.45, 7) is 2.16. The van der Waals surface area contributed by atoms with E-state index in [4.69, 9.17) is 16.3 Å². The number of ether oxygens (including phenoxy) is 1. The first-order valence-electron chi connectivity index (χ1n) is 5.25. The van der Waals surface area contributed by atoms with Crippen LogP contribution in [0.2, 0.25) is 5.02 Å². The number of esters is 1. The van der Waals surface area contributed by atoms with E-state index in [2.05, 4.69) is 4.98 Å². The number of aromatic nitrogens is 1. The Balaban J connectivity index is 2.38. The maximum atomic E-state index is 10.9. The van der Waals surface area contributed by atoms with Crippen molar-refractivity contribution in [3.05, 3.63) is 53.4 Å². The molecule has 90 valence electrons. The van der Waals surface area contributed by atoms with Crippen LogP contribution in [-0.4, -0.2) is 17.6 Å². The van der Waals surface area contributed by atoms with Crippen molar-refractivity contribution in [2.75, 3.05) is 6.61 Å². The van der Waals surface area contributed by atoms with Gasteiger partial charge in [-0.15, -0.1) is 0 Å². The highest BCUT2D eigenvalue weighted by atomic mass is 35.5. The number of hydrogen-bond donors (Lipinski definition) is 1. The fraction of sp³-hybridized carbons (Fsp3) is 0.154.